The van der Waals surface area contributed by atoms with Crippen LogP contribution in [0.5, 0.6) is 0 Å². The summed E-state index contributed by atoms with van der Waals surface area (Å²) in [4.78, 5) is 4.38. The van der Waals surface area contributed by atoms with E-state index in [-0.39, 0.29) is 0 Å². The van der Waals surface area contributed by atoms with Gasteiger partial charge in [-0.3, -0.25) is 10.0 Å². The van der Waals surface area contributed by atoms with E-state index in [0.29, 0.717) is 0 Å². The lowest BCUT2D eigenvalue weighted by molar-refractivity contribution is 0.0121. The maximum absolute atomic E-state index is 4.38. The van der Waals surface area contributed by atoms with Crippen LogP contribution in [-0.4, -0.2) is 48.6 Å². The van der Waals surface area contributed by atoms with Gasteiger partial charge in [0.25, 0.3) is 0 Å². The summed E-state index contributed by atoms with van der Waals surface area (Å²) in [6.07, 6.45) is 4.18. The largest absolute Gasteiger partial charge is 0.314 e. The van der Waals surface area contributed by atoms with Gasteiger partial charge in [0.2, 0.25) is 0 Å². The first kappa shape index (κ1) is 8.72. The molecular formula is C9H16N4. The van der Waals surface area contributed by atoms with Crippen LogP contribution in [-0.2, 0) is 0 Å². The number of allylic oxidation sites excluding steroid dienone is 1. The minimum Gasteiger partial charge on any atom is -0.314 e. The first-order valence-corrected chi connectivity index (χ1v) is 4.78. The third-order valence-corrected chi connectivity index (χ3v) is 2.41. The molecule has 0 saturated carbocycles. The van der Waals surface area contributed by atoms with Crippen molar-refractivity contribution >= 4 is 5.71 Å². The summed E-state index contributed by atoms with van der Waals surface area (Å²) in [7, 11) is 0. The van der Waals surface area contributed by atoms with Crippen LogP contribution in [0.1, 0.15) is 6.92 Å². The van der Waals surface area contributed by atoms with E-state index >= 15 is 0 Å². The molecule has 13 heavy (non-hydrogen) atoms. The monoisotopic (exact) mass is 180 g/mol. The van der Waals surface area contributed by atoms with Crippen molar-refractivity contribution in [1.82, 2.24) is 15.3 Å². The quantitative estimate of drug-likeness (QED) is 0.619. The average Bonchev–Trinajstić information content (AvgIpc) is 2.20. The highest BCUT2D eigenvalue weighted by atomic mass is 15.6. The van der Waals surface area contributed by atoms with E-state index in [1.165, 1.54) is 0 Å². The molecule has 0 aliphatic carbocycles. The summed E-state index contributed by atoms with van der Waals surface area (Å²) in [5.41, 5.74) is 1.12. The Morgan fingerprint density at radius 3 is 2.77 bits per heavy atom. The van der Waals surface area contributed by atoms with E-state index in [4.69, 9.17) is 0 Å². The molecule has 0 atom stereocenters. The SMILES string of the molecule is CC1=NCN(N2CCNCC2)C=C1. The summed E-state index contributed by atoms with van der Waals surface area (Å²) < 4.78 is 0. The van der Waals surface area contributed by atoms with Crippen LogP contribution in [0.25, 0.3) is 0 Å². The van der Waals surface area contributed by atoms with Gasteiger partial charge in [-0.2, -0.15) is 0 Å². The van der Waals surface area contributed by atoms with Gasteiger partial charge in [-0.25, -0.2) is 5.01 Å². The van der Waals surface area contributed by atoms with Crippen molar-refractivity contribution in [3.63, 3.8) is 0 Å². The molecule has 2 rings (SSSR count). The third-order valence-electron chi connectivity index (χ3n) is 2.41. The van der Waals surface area contributed by atoms with Gasteiger partial charge < -0.3 is 5.32 Å². The summed E-state index contributed by atoms with van der Waals surface area (Å²) >= 11 is 0. The Labute approximate surface area is 78.9 Å². The zero-order chi connectivity index (χ0) is 9.10. The van der Waals surface area contributed by atoms with E-state index in [9.17, 15) is 0 Å². The van der Waals surface area contributed by atoms with E-state index in [2.05, 4.69) is 32.6 Å². The van der Waals surface area contributed by atoms with Crippen molar-refractivity contribution in [2.45, 2.75) is 6.92 Å². The number of nitrogens with one attached hydrogen (secondary N) is 1. The maximum Gasteiger partial charge on any atom is 0.124 e. The fourth-order valence-corrected chi connectivity index (χ4v) is 1.57. The second kappa shape index (κ2) is 3.89. The molecule has 0 aromatic carbocycles. The molecule has 0 bridgehead atoms. The Morgan fingerprint density at radius 1 is 1.38 bits per heavy atom. The molecule has 4 nitrogen and oxygen atoms in total. The number of hydrogen-bond donors (Lipinski definition) is 1. The molecule has 2 aliphatic rings. The van der Waals surface area contributed by atoms with Gasteiger partial charge in [0.15, 0.2) is 0 Å². The zero-order valence-electron chi connectivity index (χ0n) is 8.03. The standard InChI is InChI=1S/C9H16N4/c1-9-2-5-13(8-11-9)12-6-3-10-4-7-12/h2,5,10H,3-4,6-8H2,1H3. The van der Waals surface area contributed by atoms with Gasteiger partial charge in [0.1, 0.15) is 6.67 Å². The number of hydrazine groups is 1. The minimum absolute atomic E-state index is 0.780. The van der Waals surface area contributed by atoms with Crippen molar-refractivity contribution in [2.24, 2.45) is 4.99 Å². The minimum atomic E-state index is 0.780. The Hall–Kier alpha value is -0.870. The second-order valence-electron chi connectivity index (χ2n) is 3.40. The molecule has 0 radical (unpaired) electrons. The molecule has 2 heterocycles. The van der Waals surface area contributed by atoms with Gasteiger partial charge in [-0.1, -0.05) is 0 Å². The van der Waals surface area contributed by atoms with E-state index in [0.717, 1.165) is 38.6 Å². The molecule has 72 valence electrons. The van der Waals surface area contributed by atoms with Crippen LogP contribution in [0.4, 0.5) is 0 Å². The molecule has 1 fully saturated rings. The molecule has 0 unspecified atom stereocenters. The Balaban J connectivity index is 1.91. The van der Waals surface area contributed by atoms with Crippen LogP contribution in [0.15, 0.2) is 17.3 Å². The van der Waals surface area contributed by atoms with Crippen LogP contribution >= 0.6 is 0 Å². The van der Waals surface area contributed by atoms with Gasteiger partial charge in [0, 0.05) is 38.1 Å². The third kappa shape index (κ3) is 2.08. The van der Waals surface area contributed by atoms with Crippen molar-refractivity contribution in [2.75, 3.05) is 32.8 Å². The zero-order valence-corrected chi connectivity index (χ0v) is 8.03. The van der Waals surface area contributed by atoms with Gasteiger partial charge in [-0.15, -0.1) is 0 Å². The number of hydrogen-bond acceptors (Lipinski definition) is 4. The topological polar surface area (TPSA) is 30.9 Å². The van der Waals surface area contributed by atoms with E-state index < -0.39 is 0 Å². The lowest BCUT2D eigenvalue weighted by Crippen LogP contribution is -2.51. The van der Waals surface area contributed by atoms with Crippen molar-refractivity contribution < 1.29 is 0 Å². The highest BCUT2D eigenvalue weighted by Crippen LogP contribution is 2.05. The Kier molecular flexibility index (Phi) is 2.61. The summed E-state index contributed by atoms with van der Waals surface area (Å²) in [5.74, 6) is 0. The molecule has 1 saturated heterocycles. The first-order chi connectivity index (χ1) is 6.36. The molecule has 0 amide bonds. The molecule has 4 heteroatoms. The van der Waals surface area contributed by atoms with Crippen molar-refractivity contribution in [3.8, 4) is 0 Å². The summed E-state index contributed by atoms with van der Waals surface area (Å²) in [5, 5.41) is 7.86. The number of aliphatic imine (C=N–C) groups is 1. The van der Waals surface area contributed by atoms with Crippen molar-refractivity contribution in [1.29, 1.82) is 0 Å². The number of piperazine rings is 1. The molecule has 0 aromatic rings. The van der Waals surface area contributed by atoms with Crippen LogP contribution in [0, 0.1) is 0 Å². The van der Waals surface area contributed by atoms with Crippen LogP contribution < -0.4 is 5.32 Å². The highest BCUT2D eigenvalue weighted by molar-refractivity contribution is 5.93. The molecule has 0 aromatic heterocycles. The van der Waals surface area contributed by atoms with Crippen LogP contribution in [0.2, 0.25) is 0 Å². The van der Waals surface area contributed by atoms with E-state index in [1.807, 2.05) is 6.92 Å². The molecule has 1 N–H and O–H groups in total. The molecule has 0 spiro atoms. The number of rotatable bonds is 1. The predicted octanol–water partition coefficient (Wildman–Crippen LogP) is 0.0543. The summed E-state index contributed by atoms with van der Waals surface area (Å²) in [6.45, 7) is 7.13. The highest BCUT2D eigenvalue weighted by Gasteiger charge is 2.15. The lowest BCUT2D eigenvalue weighted by Gasteiger charge is -2.36. The van der Waals surface area contributed by atoms with Gasteiger partial charge in [-0.05, 0) is 13.0 Å². The lowest BCUT2D eigenvalue weighted by atomic mass is 10.3. The van der Waals surface area contributed by atoms with E-state index in [1.54, 1.807) is 0 Å². The second-order valence-corrected chi connectivity index (χ2v) is 3.40. The van der Waals surface area contributed by atoms with Gasteiger partial charge >= 0.3 is 0 Å². The van der Waals surface area contributed by atoms with Crippen molar-refractivity contribution in [3.05, 3.63) is 12.3 Å². The molecular weight excluding hydrogens is 164 g/mol. The molecule has 2 aliphatic heterocycles. The first-order valence-electron chi connectivity index (χ1n) is 4.78. The van der Waals surface area contributed by atoms with Crippen LogP contribution in [0.3, 0.4) is 0 Å². The normalized spacial score (nSPS) is 24.7. The Bertz CT molecular complexity index is 228. The average molecular weight is 180 g/mol. The fraction of sp³-hybridized carbons (Fsp3) is 0.667. The summed E-state index contributed by atoms with van der Waals surface area (Å²) in [6, 6.07) is 0. The van der Waals surface area contributed by atoms with Gasteiger partial charge in [0.05, 0.1) is 0 Å². The number of nitrogens with zero attached hydrogens (tertiary/aromatic N) is 3. The maximum atomic E-state index is 4.38. The Morgan fingerprint density at radius 2 is 2.15 bits per heavy atom. The fourth-order valence-electron chi connectivity index (χ4n) is 1.57. The smallest absolute Gasteiger partial charge is 0.124 e. The predicted molar refractivity (Wildman–Crippen MR) is 53.4 cm³/mol.